The Balaban J connectivity index is 3.36. The van der Waals surface area contributed by atoms with E-state index < -0.39 is 0 Å². The molecule has 72 valence electrons. The normalized spacial score (nSPS) is 9.85. The fraction of sp³-hybridized carbons (Fsp3) is 0.250. The molecule has 0 aliphatic rings. The van der Waals surface area contributed by atoms with Crippen LogP contribution in [-0.4, -0.2) is 19.3 Å². The molecule has 0 fully saturated rings. The highest BCUT2D eigenvalue weighted by molar-refractivity contribution is 9.11. The van der Waals surface area contributed by atoms with E-state index in [4.69, 9.17) is 9.47 Å². The summed E-state index contributed by atoms with van der Waals surface area (Å²) in [5, 5.41) is 9.58. The fourth-order valence-corrected chi connectivity index (χ4v) is 2.09. The molecule has 1 aromatic rings. The Morgan fingerprint density at radius 3 is 1.77 bits per heavy atom. The molecular formula is C8H8Br2O3. The maximum atomic E-state index is 9.58. The van der Waals surface area contributed by atoms with Crippen LogP contribution in [0.15, 0.2) is 15.0 Å². The molecule has 1 rings (SSSR count). The summed E-state index contributed by atoms with van der Waals surface area (Å²) in [5.41, 5.74) is 0. The van der Waals surface area contributed by atoms with Crippen molar-refractivity contribution in [2.75, 3.05) is 14.2 Å². The largest absolute Gasteiger partial charge is 0.505 e. The van der Waals surface area contributed by atoms with Crippen LogP contribution in [0.2, 0.25) is 0 Å². The first-order valence-corrected chi connectivity index (χ1v) is 4.99. The third-order valence-electron chi connectivity index (χ3n) is 1.55. The number of phenols is 1. The Bertz CT molecular complexity index is 297. The first-order chi connectivity index (χ1) is 6.11. The summed E-state index contributed by atoms with van der Waals surface area (Å²) in [6, 6.07) is 1.67. The van der Waals surface area contributed by atoms with Gasteiger partial charge < -0.3 is 14.6 Å². The first kappa shape index (κ1) is 10.7. The van der Waals surface area contributed by atoms with Gasteiger partial charge in [-0.1, -0.05) is 0 Å². The SMILES string of the molecule is COc1cc(OC)c(Br)c(O)c1Br. The molecule has 0 saturated carbocycles. The van der Waals surface area contributed by atoms with Crippen molar-refractivity contribution in [3.8, 4) is 17.2 Å². The second-order valence-electron chi connectivity index (χ2n) is 2.26. The van der Waals surface area contributed by atoms with Crippen molar-refractivity contribution in [1.82, 2.24) is 0 Å². The number of rotatable bonds is 2. The van der Waals surface area contributed by atoms with Gasteiger partial charge in [-0.2, -0.15) is 0 Å². The third-order valence-corrected chi connectivity index (χ3v) is 3.08. The van der Waals surface area contributed by atoms with Crippen LogP contribution in [0, 0.1) is 0 Å². The van der Waals surface area contributed by atoms with Crippen LogP contribution in [0.1, 0.15) is 0 Å². The highest BCUT2D eigenvalue weighted by atomic mass is 79.9. The fourth-order valence-electron chi connectivity index (χ4n) is 0.873. The molecule has 0 unspecified atom stereocenters. The molecule has 1 aromatic carbocycles. The molecule has 0 aliphatic carbocycles. The highest BCUT2D eigenvalue weighted by Crippen LogP contribution is 2.44. The number of ether oxygens (including phenoxy) is 2. The summed E-state index contributed by atoms with van der Waals surface area (Å²) in [6.45, 7) is 0. The second kappa shape index (κ2) is 4.19. The second-order valence-corrected chi connectivity index (χ2v) is 3.84. The van der Waals surface area contributed by atoms with Crippen molar-refractivity contribution < 1.29 is 14.6 Å². The summed E-state index contributed by atoms with van der Waals surface area (Å²) >= 11 is 6.39. The molecule has 1 N–H and O–H groups in total. The first-order valence-electron chi connectivity index (χ1n) is 3.40. The van der Waals surface area contributed by atoms with Crippen LogP contribution >= 0.6 is 31.9 Å². The lowest BCUT2D eigenvalue weighted by molar-refractivity contribution is 0.379. The zero-order valence-corrected chi connectivity index (χ0v) is 10.3. The Morgan fingerprint density at radius 1 is 1.08 bits per heavy atom. The molecule has 0 radical (unpaired) electrons. The molecule has 0 aliphatic heterocycles. The van der Waals surface area contributed by atoms with Gasteiger partial charge in [0, 0.05) is 6.07 Å². The summed E-state index contributed by atoms with van der Waals surface area (Å²) in [4.78, 5) is 0. The number of hydrogen-bond acceptors (Lipinski definition) is 3. The third kappa shape index (κ3) is 1.91. The maximum Gasteiger partial charge on any atom is 0.151 e. The van der Waals surface area contributed by atoms with Gasteiger partial charge in [0.25, 0.3) is 0 Å². The Morgan fingerprint density at radius 2 is 1.46 bits per heavy atom. The smallest absolute Gasteiger partial charge is 0.151 e. The van der Waals surface area contributed by atoms with E-state index in [1.54, 1.807) is 6.07 Å². The molecule has 0 saturated heterocycles. The molecule has 0 amide bonds. The van der Waals surface area contributed by atoms with Crippen molar-refractivity contribution in [3.63, 3.8) is 0 Å². The number of aromatic hydroxyl groups is 1. The molecular weight excluding hydrogens is 304 g/mol. The van der Waals surface area contributed by atoms with Gasteiger partial charge >= 0.3 is 0 Å². The Kier molecular flexibility index (Phi) is 3.44. The van der Waals surface area contributed by atoms with Crippen molar-refractivity contribution in [2.45, 2.75) is 0 Å². The van der Waals surface area contributed by atoms with Gasteiger partial charge in [-0.25, -0.2) is 0 Å². The van der Waals surface area contributed by atoms with E-state index in [0.717, 1.165) is 0 Å². The van der Waals surface area contributed by atoms with E-state index in [1.807, 2.05) is 0 Å². The minimum absolute atomic E-state index is 0.0659. The predicted octanol–water partition coefficient (Wildman–Crippen LogP) is 2.93. The zero-order valence-electron chi connectivity index (χ0n) is 7.10. The van der Waals surface area contributed by atoms with Gasteiger partial charge in [0.15, 0.2) is 5.75 Å². The standard InChI is InChI=1S/C8H8Br2O3/c1-12-4-3-5(13-2)7(10)8(11)6(4)9/h3,11H,1-2H3. The van der Waals surface area contributed by atoms with E-state index >= 15 is 0 Å². The monoisotopic (exact) mass is 310 g/mol. The lowest BCUT2D eigenvalue weighted by Gasteiger charge is -2.10. The summed E-state index contributed by atoms with van der Waals surface area (Å²) in [5.74, 6) is 1.12. The minimum Gasteiger partial charge on any atom is -0.505 e. The highest BCUT2D eigenvalue weighted by Gasteiger charge is 2.14. The molecule has 0 spiro atoms. The van der Waals surface area contributed by atoms with E-state index in [1.165, 1.54) is 14.2 Å². The van der Waals surface area contributed by atoms with Gasteiger partial charge in [0.2, 0.25) is 0 Å². The lowest BCUT2D eigenvalue weighted by Crippen LogP contribution is -1.90. The van der Waals surface area contributed by atoms with Crippen LogP contribution < -0.4 is 9.47 Å². The number of hydrogen-bond donors (Lipinski definition) is 1. The van der Waals surface area contributed by atoms with Crippen molar-refractivity contribution in [1.29, 1.82) is 0 Å². The number of halogens is 2. The van der Waals surface area contributed by atoms with Gasteiger partial charge in [0.05, 0.1) is 14.2 Å². The molecule has 5 heteroatoms. The summed E-state index contributed by atoms with van der Waals surface area (Å²) < 4.78 is 11.0. The van der Waals surface area contributed by atoms with E-state index in [2.05, 4.69) is 31.9 Å². The van der Waals surface area contributed by atoms with Crippen molar-refractivity contribution >= 4 is 31.9 Å². The van der Waals surface area contributed by atoms with Gasteiger partial charge in [-0.15, -0.1) is 0 Å². The van der Waals surface area contributed by atoms with E-state index in [0.29, 0.717) is 20.4 Å². The zero-order chi connectivity index (χ0) is 10.0. The van der Waals surface area contributed by atoms with E-state index in [9.17, 15) is 5.11 Å². The molecule has 0 heterocycles. The average Bonchev–Trinajstić information content (AvgIpc) is 2.15. The maximum absolute atomic E-state index is 9.58. The Labute approximate surface area is 92.9 Å². The quantitative estimate of drug-likeness (QED) is 0.912. The molecule has 0 atom stereocenters. The topological polar surface area (TPSA) is 38.7 Å². The number of benzene rings is 1. The number of phenolic OH excluding ortho intramolecular Hbond substituents is 1. The molecule has 0 bridgehead atoms. The van der Waals surface area contributed by atoms with Crippen LogP contribution in [0.25, 0.3) is 0 Å². The lowest BCUT2D eigenvalue weighted by atomic mass is 10.3. The van der Waals surface area contributed by atoms with Crippen molar-refractivity contribution in [3.05, 3.63) is 15.0 Å². The average molecular weight is 312 g/mol. The van der Waals surface area contributed by atoms with Crippen LogP contribution in [0.4, 0.5) is 0 Å². The van der Waals surface area contributed by atoms with Gasteiger partial charge in [0.1, 0.15) is 20.4 Å². The predicted molar refractivity (Wildman–Crippen MR) is 56.6 cm³/mol. The number of methoxy groups -OCH3 is 2. The van der Waals surface area contributed by atoms with Crippen molar-refractivity contribution in [2.24, 2.45) is 0 Å². The molecule has 3 nitrogen and oxygen atoms in total. The molecule has 13 heavy (non-hydrogen) atoms. The van der Waals surface area contributed by atoms with Crippen LogP contribution in [0.3, 0.4) is 0 Å². The van der Waals surface area contributed by atoms with Crippen LogP contribution in [0.5, 0.6) is 17.2 Å². The summed E-state index contributed by atoms with van der Waals surface area (Å²) in [6.07, 6.45) is 0. The van der Waals surface area contributed by atoms with Gasteiger partial charge in [-0.3, -0.25) is 0 Å². The van der Waals surface area contributed by atoms with Gasteiger partial charge in [-0.05, 0) is 31.9 Å². The summed E-state index contributed by atoms with van der Waals surface area (Å²) in [7, 11) is 3.04. The van der Waals surface area contributed by atoms with Crippen LogP contribution in [-0.2, 0) is 0 Å². The minimum atomic E-state index is 0.0659. The van der Waals surface area contributed by atoms with E-state index in [-0.39, 0.29) is 5.75 Å². The Hall–Kier alpha value is -0.420. The molecule has 0 aromatic heterocycles.